The van der Waals surface area contributed by atoms with Crippen molar-refractivity contribution in [3.05, 3.63) is 64.7 Å². The van der Waals surface area contributed by atoms with E-state index in [0.717, 1.165) is 11.1 Å². The molecule has 3 aromatic rings. The molecule has 3 N–H and O–H groups in total. The maximum Gasteiger partial charge on any atom is 0.335 e. The second kappa shape index (κ2) is 7.64. The van der Waals surface area contributed by atoms with E-state index in [4.69, 9.17) is 16.7 Å². The van der Waals surface area contributed by atoms with Gasteiger partial charge in [0, 0.05) is 21.8 Å². The van der Waals surface area contributed by atoms with Crippen LogP contribution >= 0.6 is 11.6 Å². The molecule has 9 heteroatoms. The van der Waals surface area contributed by atoms with Gasteiger partial charge in [-0.3, -0.25) is 9.59 Å². The van der Waals surface area contributed by atoms with Crippen LogP contribution < -0.4 is 10.6 Å². The summed E-state index contributed by atoms with van der Waals surface area (Å²) in [5.41, 5.74) is 2.74. The number of halogens is 1. The summed E-state index contributed by atoms with van der Waals surface area (Å²) in [5, 5.41) is 19.7. The number of rotatable bonds is 5. The molecular formula is C21H17ClN4O4. The van der Waals surface area contributed by atoms with E-state index in [2.05, 4.69) is 15.7 Å². The lowest BCUT2D eigenvalue weighted by atomic mass is 10.1. The third-order valence-electron chi connectivity index (χ3n) is 4.88. The molecule has 2 heterocycles. The van der Waals surface area contributed by atoms with Crippen LogP contribution in [0.1, 0.15) is 28.4 Å². The average Bonchev–Trinajstić information content (AvgIpc) is 3.19. The zero-order valence-electron chi connectivity index (χ0n) is 15.8. The molecule has 0 saturated carbocycles. The van der Waals surface area contributed by atoms with Crippen LogP contribution in [0, 0.1) is 6.92 Å². The number of nitrogens with zero attached hydrogens (tertiary/aromatic N) is 2. The van der Waals surface area contributed by atoms with Gasteiger partial charge in [-0.15, -0.1) is 0 Å². The van der Waals surface area contributed by atoms with Crippen molar-refractivity contribution in [1.82, 2.24) is 9.78 Å². The van der Waals surface area contributed by atoms with Gasteiger partial charge >= 0.3 is 5.97 Å². The Balaban J connectivity index is 1.55. The fourth-order valence-corrected chi connectivity index (χ4v) is 3.51. The summed E-state index contributed by atoms with van der Waals surface area (Å²) in [4.78, 5) is 36.0. The standard InChI is InChI=1S/C21H17ClN4O4/c1-11-18(12-5-7-14(22)8-6-12)25-26-16(20(28)24-19(11)26)10-17(27)23-15-4-2-3-13(9-15)21(29)30/h2-9,16H,10H2,1H3,(H,23,27)(H,24,28)(H,29,30). The van der Waals surface area contributed by atoms with Gasteiger partial charge in [-0.05, 0) is 37.3 Å². The summed E-state index contributed by atoms with van der Waals surface area (Å²) in [6, 6.07) is 12.3. The van der Waals surface area contributed by atoms with Gasteiger partial charge in [0.2, 0.25) is 5.91 Å². The third-order valence-corrected chi connectivity index (χ3v) is 5.13. The Kier molecular flexibility index (Phi) is 5.01. The topological polar surface area (TPSA) is 113 Å². The van der Waals surface area contributed by atoms with Gasteiger partial charge < -0.3 is 15.7 Å². The molecule has 0 saturated heterocycles. The highest BCUT2D eigenvalue weighted by Gasteiger charge is 2.35. The Labute approximate surface area is 176 Å². The van der Waals surface area contributed by atoms with Crippen LogP contribution in [0.4, 0.5) is 11.5 Å². The second-order valence-electron chi connectivity index (χ2n) is 6.92. The molecule has 1 unspecified atom stereocenters. The first-order chi connectivity index (χ1) is 14.3. The van der Waals surface area contributed by atoms with Crippen molar-refractivity contribution in [1.29, 1.82) is 0 Å². The number of carbonyl (C=O) groups is 3. The lowest BCUT2D eigenvalue weighted by Crippen LogP contribution is -2.23. The van der Waals surface area contributed by atoms with E-state index >= 15 is 0 Å². The van der Waals surface area contributed by atoms with Crippen LogP contribution in [0.5, 0.6) is 0 Å². The molecule has 0 fully saturated rings. The highest BCUT2D eigenvalue weighted by molar-refractivity contribution is 6.30. The van der Waals surface area contributed by atoms with E-state index < -0.39 is 17.9 Å². The summed E-state index contributed by atoms with van der Waals surface area (Å²) in [7, 11) is 0. The minimum absolute atomic E-state index is 0.0593. The number of aromatic nitrogens is 2. The smallest absolute Gasteiger partial charge is 0.335 e. The minimum Gasteiger partial charge on any atom is -0.478 e. The Bertz CT molecular complexity index is 1170. The number of anilines is 2. The lowest BCUT2D eigenvalue weighted by Gasteiger charge is -2.11. The highest BCUT2D eigenvalue weighted by atomic mass is 35.5. The molecule has 4 rings (SSSR count). The first-order valence-electron chi connectivity index (χ1n) is 9.12. The van der Waals surface area contributed by atoms with E-state index in [1.165, 1.54) is 22.9 Å². The summed E-state index contributed by atoms with van der Waals surface area (Å²) >= 11 is 5.95. The molecule has 152 valence electrons. The average molecular weight is 425 g/mol. The molecule has 0 spiro atoms. The molecule has 1 atom stereocenters. The molecule has 1 aliphatic rings. The number of hydrogen-bond acceptors (Lipinski definition) is 4. The summed E-state index contributed by atoms with van der Waals surface area (Å²) in [6.07, 6.45) is -0.142. The molecule has 30 heavy (non-hydrogen) atoms. The highest BCUT2D eigenvalue weighted by Crippen LogP contribution is 2.36. The van der Waals surface area contributed by atoms with Gasteiger partial charge in [0.15, 0.2) is 0 Å². The van der Waals surface area contributed by atoms with Gasteiger partial charge in [0.1, 0.15) is 11.9 Å². The van der Waals surface area contributed by atoms with Crippen LogP contribution in [0.25, 0.3) is 11.3 Å². The number of carboxylic acid groups (broad SMARTS) is 1. The maximum absolute atomic E-state index is 12.5. The monoisotopic (exact) mass is 424 g/mol. The predicted molar refractivity (Wildman–Crippen MR) is 112 cm³/mol. The minimum atomic E-state index is -1.09. The van der Waals surface area contributed by atoms with Gasteiger partial charge in [0.25, 0.3) is 5.91 Å². The van der Waals surface area contributed by atoms with Gasteiger partial charge in [-0.2, -0.15) is 5.10 Å². The van der Waals surface area contributed by atoms with Crippen LogP contribution in [0.15, 0.2) is 48.5 Å². The number of benzene rings is 2. The van der Waals surface area contributed by atoms with Crippen LogP contribution in [-0.2, 0) is 9.59 Å². The van der Waals surface area contributed by atoms with Crippen molar-refractivity contribution in [3.63, 3.8) is 0 Å². The molecule has 0 radical (unpaired) electrons. The molecule has 2 amide bonds. The van der Waals surface area contributed by atoms with E-state index in [1.54, 1.807) is 18.2 Å². The number of nitrogens with one attached hydrogen (secondary N) is 2. The van der Waals surface area contributed by atoms with Crippen molar-refractivity contribution in [2.24, 2.45) is 0 Å². The Morgan fingerprint density at radius 1 is 1.23 bits per heavy atom. The Morgan fingerprint density at radius 3 is 2.67 bits per heavy atom. The Morgan fingerprint density at radius 2 is 1.97 bits per heavy atom. The Hall–Kier alpha value is -3.65. The van der Waals surface area contributed by atoms with Crippen molar-refractivity contribution >= 4 is 40.9 Å². The SMILES string of the molecule is Cc1c(-c2ccc(Cl)cc2)nn2c1NC(=O)C2CC(=O)Nc1cccc(C(=O)O)c1. The third kappa shape index (κ3) is 3.65. The van der Waals surface area contributed by atoms with Crippen molar-refractivity contribution in [2.75, 3.05) is 10.6 Å². The first-order valence-corrected chi connectivity index (χ1v) is 9.50. The van der Waals surface area contributed by atoms with E-state index in [9.17, 15) is 14.4 Å². The van der Waals surface area contributed by atoms with Gasteiger partial charge in [0.05, 0.1) is 17.7 Å². The number of carboxylic acids is 1. The zero-order chi connectivity index (χ0) is 21.4. The van der Waals surface area contributed by atoms with E-state index in [0.29, 0.717) is 22.2 Å². The molecule has 0 aliphatic carbocycles. The molecular weight excluding hydrogens is 408 g/mol. The number of carbonyl (C=O) groups excluding carboxylic acids is 2. The summed E-state index contributed by atoms with van der Waals surface area (Å²) in [5.74, 6) is -1.28. The second-order valence-corrected chi connectivity index (χ2v) is 7.35. The number of amides is 2. The molecule has 2 aromatic carbocycles. The fraction of sp³-hybridized carbons (Fsp3) is 0.143. The summed E-state index contributed by atoms with van der Waals surface area (Å²) < 4.78 is 1.52. The molecule has 1 aromatic heterocycles. The normalized spacial score (nSPS) is 14.9. The summed E-state index contributed by atoms with van der Waals surface area (Å²) in [6.45, 7) is 1.85. The quantitative estimate of drug-likeness (QED) is 0.577. The maximum atomic E-state index is 12.5. The zero-order valence-corrected chi connectivity index (χ0v) is 16.6. The molecule has 1 aliphatic heterocycles. The number of hydrogen-bond donors (Lipinski definition) is 3. The molecule has 0 bridgehead atoms. The van der Waals surface area contributed by atoms with Crippen LogP contribution in [0.2, 0.25) is 5.02 Å². The van der Waals surface area contributed by atoms with E-state index in [-0.39, 0.29) is 17.9 Å². The van der Waals surface area contributed by atoms with Crippen molar-refractivity contribution in [3.8, 4) is 11.3 Å². The van der Waals surface area contributed by atoms with Crippen molar-refractivity contribution < 1.29 is 19.5 Å². The number of aromatic carboxylic acids is 1. The number of fused-ring (bicyclic) bond motifs is 1. The predicted octanol–water partition coefficient (Wildman–Crippen LogP) is 3.73. The van der Waals surface area contributed by atoms with Crippen LogP contribution in [-0.4, -0.2) is 32.7 Å². The molecule has 8 nitrogen and oxygen atoms in total. The first kappa shape index (κ1) is 19.7. The lowest BCUT2D eigenvalue weighted by molar-refractivity contribution is -0.123. The van der Waals surface area contributed by atoms with Crippen molar-refractivity contribution in [2.45, 2.75) is 19.4 Å². The van der Waals surface area contributed by atoms with Crippen LogP contribution in [0.3, 0.4) is 0 Å². The van der Waals surface area contributed by atoms with Gasteiger partial charge in [-0.25, -0.2) is 9.48 Å². The fourth-order valence-electron chi connectivity index (χ4n) is 3.38. The largest absolute Gasteiger partial charge is 0.478 e. The van der Waals surface area contributed by atoms with Gasteiger partial charge in [-0.1, -0.05) is 29.8 Å². The van der Waals surface area contributed by atoms with E-state index in [1.807, 2.05) is 19.1 Å².